The molecule has 0 aliphatic rings. The Labute approximate surface area is 252 Å². The normalized spacial score (nSPS) is 12.3. The van der Waals surface area contributed by atoms with Gasteiger partial charge < -0.3 is 10.5 Å². The Morgan fingerprint density at radius 3 is 2.56 bits per heavy atom. The highest BCUT2D eigenvalue weighted by molar-refractivity contribution is 7.70. The number of fused-ring (bicyclic) bond motifs is 2. The number of rotatable bonds is 8. The second-order valence-corrected chi connectivity index (χ2v) is 11.0. The number of ether oxygens (including phenoxy) is 1. The van der Waals surface area contributed by atoms with Crippen molar-refractivity contribution < 1.29 is 13.2 Å². The molecule has 3 aromatic carbocycles. The Hall–Kier alpha value is -4.78. The van der Waals surface area contributed by atoms with Gasteiger partial charge in [-0.3, -0.25) is 9.36 Å². The standard InChI is InChI=1S/C30H26ClN7O4S/c1-17(23-14-18-7-6-10-22(31)25(18)30(39)37(23)21-8-4-3-5-9-21)38-29-26(28(32)33-16-34-29)27(36-38)19-11-12-24(42-2)20(13-19)15-35-43(40)41/h3-14,16-17,43H,15H2,1-2H3,(H2,32,33,34)(H,35,40,41). The number of nitrogens with zero attached hydrogens (tertiary/aromatic N) is 5. The average molecular weight is 616 g/mol. The molecule has 13 heteroatoms. The van der Waals surface area contributed by atoms with Gasteiger partial charge in [-0.15, -0.1) is 0 Å². The van der Waals surface area contributed by atoms with Crippen molar-refractivity contribution >= 4 is 50.1 Å². The van der Waals surface area contributed by atoms with Crippen LogP contribution in [0.1, 0.15) is 24.2 Å². The first-order chi connectivity index (χ1) is 20.8. The molecule has 0 fully saturated rings. The van der Waals surface area contributed by atoms with Crippen molar-refractivity contribution in [1.29, 1.82) is 0 Å². The van der Waals surface area contributed by atoms with Gasteiger partial charge in [-0.2, -0.15) is 5.10 Å². The Balaban J connectivity index is 1.59. The van der Waals surface area contributed by atoms with E-state index in [9.17, 15) is 13.2 Å². The number of benzene rings is 3. The third-order valence-electron chi connectivity index (χ3n) is 7.30. The Morgan fingerprint density at radius 1 is 1.02 bits per heavy atom. The molecule has 1 unspecified atom stereocenters. The van der Waals surface area contributed by atoms with Crippen LogP contribution in [0.15, 0.2) is 83.9 Å². The quantitative estimate of drug-likeness (QED) is 0.215. The largest absolute Gasteiger partial charge is 0.496 e. The molecule has 43 heavy (non-hydrogen) atoms. The molecule has 1 atom stereocenters. The highest BCUT2D eigenvalue weighted by atomic mass is 35.5. The van der Waals surface area contributed by atoms with E-state index in [0.717, 1.165) is 0 Å². The summed E-state index contributed by atoms with van der Waals surface area (Å²) in [6, 6.07) is 21.4. The van der Waals surface area contributed by atoms with Crippen molar-refractivity contribution in [2.24, 2.45) is 0 Å². The van der Waals surface area contributed by atoms with E-state index in [1.165, 1.54) is 13.4 Å². The number of hydrogen-bond donors (Lipinski definition) is 3. The van der Waals surface area contributed by atoms with Gasteiger partial charge in [-0.25, -0.2) is 27.8 Å². The first kappa shape index (κ1) is 28.3. The SMILES string of the molecule is COc1ccc(-c2nn(C(C)c3cc4cccc(Cl)c4c(=O)n3-c3ccccc3)c3ncnc(N)c23)cc1CN[SH](=O)=O. The first-order valence-corrected chi connectivity index (χ1v) is 14.8. The van der Waals surface area contributed by atoms with E-state index in [1.807, 2.05) is 49.4 Å². The fraction of sp³-hybridized carbons (Fsp3) is 0.133. The predicted molar refractivity (Wildman–Crippen MR) is 167 cm³/mol. The number of methoxy groups -OCH3 is 1. The number of hydrogen-bond acceptors (Lipinski definition) is 8. The zero-order chi connectivity index (χ0) is 30.2. The lowest BCUT2D eigenvalue weighted by molar-refractivity contribution is 0.409. The van der Waals surface area contributed by atoms with Crippen LogP contribution in [0.2, 0.25) is 5.02 Å². The number of anilines is 1. The van der Waals surface area contributed by atoms with Crippen molar-refractivity contribution in [2.45, 2.75) is 19.5 Å². The van der Waals surface area contributed by atoms with Crippen LogP contribution < -0.4 is 20.8 Å². The summed E-state index contributed by atoms with van der Waals surface area (Å²) >= 11 is 6.50. The molecule has 3 heterocycles. The highest BCUT2D eigenvalue weighted by Gasteiger charge is 2.25. The van der Waals surface area contributed by atoms with Crippen LogP contribution >= 0.6 is 11.6 Å². The van der Waals surface area contributed by atoms with Gasteiger partial charge >= 0.3 is 0 Å². The molecule has 0 bridgehead atoms. The minimum Gasteiger partial charge on any atom is -0.496 e. The van der Waals surface area contributed by atoms with Crippen LogP contribution in [-0.4, -0.2) is 39.8 Å². The third-order valence-corrected chi connectivity index (χ3v) is 8.04. The number of thiol groups is 1. The summed E-state index contributed by atoms with van der Waals surface area (Å²) in [5, 5.41) is 6.96. The lowest BCUT2D eigenvalue weighted by Crippen LogP contribution is -2.26. The smallest absolute Gasteiger partial charge is 0.264 e. The monoisotopic (exact) mass is 615 g/mol. The molecule has 6 rings (SSSR count). The molecule has 0 saturated carbocycles. The summed E-state index contributed by atoms with van der Waals surface area (Å²) in [6.45, 7) is 1.95. The van der Waals surface area contributed by atoms with E-state index < -0.39 is 16.9 Å². The lowest BCUT2D eigenvalue weighted by Gasteiger charge is -2.21. The van der Waals surface area contributed by atoms with Crippen molar-refractivity contribution in [2.75, 3.05) is 12.8 Å². The molecule has 0 saturated heterocycles. The van der Waals surface area contributed by atoms with E-state index in [1.54, 1.807) is 39.6 Å². The van der Waals surface area contributed by atoms with Crippen LogP contribution in [0.5, 0.6) is 5.75 Å². The minimum absolute atomic E-state index is 0.0275. The minimum atomic E-state index is -2.81. The second kappa shape index (κ2) is 11.5. The molecule has 6 aromatic rings. The van der Waals surface area contributed by atoms with Crippen molar-refractivity contribution in [3.05, 3.63) is 106 Å². The molecule has 11 nitrogen and oxygen atoms in total. The van der Waals surface area contributed by atoms with Crippen LogP contribution in [0.25, 0.3) is 38.8 Å². The molecular formula is C30H26ClN7O4S. The van der Waals surface area contributed by atoms with E-state index >= 15 is 0 Å². The number of halogens is 1. The molecular weight excluding hydrogens is 590 g/mol. The van der Waals surface area contributed by atoms with Gasteiger partial charge in [-0.1, -0.05) is 41.9 Å². The summed E-state index contributed by atoms with van der Waals surface area (Å²) in [4.78, 5) is 22.7. The topological polar surface area (TPSA) is 147 Å². The molecule has 3 aromatic heterocycles. The van der Waals surface area contributed by atoms with Gasteiger partial charge in [0.05, 0.1) is 34.6 Å². The number of nitrogens with two attached hydrogens (primary N) is 1. The lowest BCUT2D eigenvalue weighted by atomic mass is 10.1. The van der Waals surface area contributed by atoms with Gasteiger partial charge in [-0.05, 0) is 54.8 Å². The number of para-hydroxylation sites is 1. The van der Waals surface area contributed by atoms with Gasteiger partial charge in [0.2, 0.25) is 10.9 Å². The van der Waals surface area contributed by atoms with Gasteiger partial charge in [0.15, 0.2) is 5.65 Å². The number of aromatic nitrogens is 5. The molecule has 0 aliphatic heterocycles. The summed E-state index contributed by atoms with van der Waals surface area (Å²) < 4.78 is 33.6. The van der Waals surface area contributed by atoms with Gasteiger partial charge in [0.25, 0.3) is 5.56 Å². The van der Waals surface area contributed by atoms with Crippen LogP contribution in [0.4, 0.5) is 5.82 Å². The maximum absolute atomic E-state index is 14.0. The average Bonchev–Trinajstić information content (AvgIpc) is 3.40. The molecule has 0 amide bonds. The van der Waals surface area contributed by atoms with Crippen molar-refractivity contribution in [1.82, 2.24) is 29.0 Å². The van der Waals surface area contributed by atoms with Gasteiger partial charge in [0.1, 0.15) is 23.6 Å². The van der Waals surface area contributed by atoms with Crippen LogP contribution in [0.3, 0.4) is 0 Å². The summed E-state index contributed by atoms with van der Waals surface area (Å²) in [6.07, 6.45) is 1.37. The number of pyridine rings is 1. The summed E-state index contributed by atoms with van der Waals surface area (Å²) in [5.74, 6) is 0.735. The summed E-state index contributed by atoms with van der Waals surface area (Å²) in [7, 11) is -1.30. The Morgan fingerprint density at radius 2 is 1.81 bits per heavy atom. The predicted octanol–water partition coefficient (Wildman–Crippen LogP) is 4.27. The highest BCUT2D eigenvalue weighted by Crippen LogP contribution is 2.36. The number of nitrogen functional groups attached to an aromatic ring is 1. The number of nitrogens with one attached hydrogen (secondary N) is 1. The van der Waals surface area contributed by atoms with Gasteiger partial charge in [0, 0.05) is 23.4 Å². The molecule has 0 spiro atoms. The fourth-order valence-electron chi connectivity index (χ4n) is 5.30. The molecule has 0 aliphatic carbocycles. The van der Waals surface area contributed by atoms with E-state index in [2.05, 4.69) is 14.7 Å². The second-order valence-electron chi connectivity index (χ2n) is 9.79. The Kier molecular flexibility index (Phi) is 7.57. The fourth-order valence-corrected chi connectivity index (χ4v) is 5.86. The molecule has 3 N–H and O–H groups in total. The molecule has 0 radical (unpaired) electrons. The zero-order valence-corrected chi connectivity index (χ0v) is 24.7. The summed E-state index contributed by atoms with van der Waals surface area (Å²) in [5.41, 5.74) is 9.67. The first-order valence-electron chi connectivity index (χ1n) is 13.2. The Bertz CT molecular complexity index is 2140. The van der Waals surface area contributed by atoms with Crippen LogP contribution in [-0.2, 0) is 17.4 Å². The molecule has 218 valence electrons. The van der Waals surface area contributed by atoms with E-state index in [-0.39, 0.29) is 17.9 Å². The van der Waals surface area contributed by atoms with Crippen molar-refractivity contribution in [3.63, 3.8) is 0 Å². The van der Waals surface area contributed by atoms with E-state index in [0.29, 0.717) is 60.8 Å². The van der Waals surface area contributed by atoms with Crippen LogP contribution in [0, 0.1) is 0 Å². The third kappa shape index (κ3) is 5.09. The maximum Gasteiger partial charge on any atom is 0.264 e. The van der Waals surface area contributed by atoms with E-state index in [4.69, 9.17) is 27.2 Å². The zero-order valence-electron chi connectivity index (χ0n) is 23.1. The maximum atomic E-state index is 14.0. The van der Waals surface area contributed by atoms with Crippen molar-refractivity contribution in [3.8, 4) is 22.7 Å².